The zero-order valence-corrected chi connectivity index (χ0v) is 9.32. The van der Waals surface area contributed by atoms with Crippen molar-refractivity contribution in [2.45, 2.75) is 12.5 Å². The fourth-order valence-corrected chi connectivity index (χ4v) is 2.08. The summed E-state index contributed by atoms with van der Waals surface area (Å²) in [6.07, 6.45) is 6.55. The molecule has 1 atom stereocenters. The number of nitrogens with zero attached hydrogens (tertiary/aromatic N) is 1. The van der Waals surface area contributed by atoms with Gasteiger partial charge >= 0.3 is 0 Å². The van der Waals surface area contributed by atoms with Gasteiger partial charge in [0.1, 0.15) is 17.5 Å². The Balaban J connectivity index is 2.03. The normalized spacial score (nSPS) is 22.2. The van der Waals surface area contributed by atoms with E-state index in [0.29, 0.717) is 0 Å². The molecule has 0 N–H and O–H groups in total. The quantitative estimate of drug-likeness (QED) is 0.669. The second-order valence-electron chi connectivity index (χ2n) is 3.80. The third-order valence-electron chi connectivity index (χ3n) is 2.69. The van der Waals surface area contributed by atoms with Crippen LogP contribution in [0.15, 0.2) is 52.0 Å². The predicted octanol–water partition coefficient (Wildman–Crippen LogP) is 3.60. The zero-order valence-electron chi connectivity index (χ0n) is 8.56. The van der Waals surface area contributed by atoms with E-state index >= 15 is 0 Å². The lowest BCUT2D eigenvalue weighted by atomic mass is 10.0. The monoisotopic (exact) mass is 231 g/mol. The molecule has 1 aromatic rings. The van der Waals surface area contributed by atoms with Gasteiger partial charge in [0.05, 0.1) is 0 Å². The highest BCUT2D eigenvalue weighted by molar-refractivity contribution is 6.31. The number of para-hydroxylation sites is 2. The molecule has 0 fully saturated rings. The minimum absolute atomic E-state index is 0.0369. The molecule has 2 nitrogen and oxygen atoms in total. The van der Waals surface area contributed by atoms with Crippen LogP contribution in [0.5, 0.6) is 5.75 Å². The Kier molecular flexibility index (Phi) is 2.29. The largest absolute Gasteiger partial charge is 0.483 e. The van der Waals surface area contributed by atoms with Crippen molar-refractivity contribution in [2.75, 3.05) is 0 Å². The fourth-order valence-electron chi connectivity index (χ4n) is 1.86. The van der Waals surface area contributed by atoms with Crippen LogP contribution in [0.4, 0.5) is 5.69 Å². The van der Waals surface area contributed by atoms with Gasteiger partial charge in [-0.1, -0.05) is 29.8 Å². The van der Waals surface area contributed by atoms with Crippen molar-refractivity contribution >= 4 is 23.5 Å². The van der Waals surface area contributed by atoms with Crippen LogP contribution in [0.3, 0.4) is 0 Å². The molecule has 1 unspecified atom stereocenters. The van der Waals surface area contributed by atoms with E-state index in [1.54, 1.807) is 0 Å². The fraction of sp³-hybridized carbons (Fsp3) is 0.154. The number of benzene rings is 1. The molecule has 0 bridgehead atoms. The van der Waals surface area contributed by atoms with Crippen molar-refractivity contribution < 1.29 is 4.74 Å². The van der Waals surface area contributed by atoms with Gasteiger partial charge in [0.15, 0.2) is 0 Å². The van der Waals surface area contributed by atoms with Crippen LogP contribution in [0.2, 0.25) is 0 Å². The van der Waals surface area contributed by atoms with Gasteiger partial charge in [0, 0.05) is 23.2 Å². The lowest BCUT2D eigenvalue weighted by Crippen LogP contribution is -2.20. The highest BCUT2D eigenvalue weighted by Gasteiger charge is 2.21. The van der Waals surface area contributed by atoms with Crippen molar-refractivity contribution in [3.05, 3.63) is 47.0 Å². The summed E-state index contributed by atoms with van der Waals surface area (Å²) >= 11 is 5.97. The highest BCUT2D eigenvalue weighted by atomic mass is 35.5. The second kappa shape index (κ2) is 3.80. The van der Waals surface area contributed by atoms with Crippen LogP contribution in [-0.4, -0.2) is 12.3 Å². The summed E-state index contributed by atoms with van der Waals surface area (Å²) in [4.78, 5) is 4.40. The first-order valence-corrected chi connectivity index (χ1v) is 5.58. The van der Waals surface area contributed by atoms with Crippen LogP contribution in [0, 0.1) is 0 Å². The molecule has 0 amide bonds. The molecule has 2 aliphatic rings. The van der Waals surface area contributed by atoms with Crippen LogP contribution in [0.25, 0.3) is 0 Å². The average Bonchev–Trinajstić information content (AvgIpc) is 2.48. The second-order valence-corrected chi connectivity index (χ2v) is 4.24. The Morgan fingerprint density at radius 3 is 3.12 bits per heavy atom. The number of hydrogen-bond acceptors (Lipinski definition) is 2. The maximum atomic E-state index is 5.97. The highest BCUT2D eigenvalue weighted by Crippen LogP contribution is 2.33. The molecule has 3 heteroatoms. The first kappa shape index (κ1) is 9.67. The minimum atomic E-state index is 0.0369. The van der Waals surface area contributed by atoms with E-state index in [1.165, 1.54) is 0 Å². The Morgan fingerprint density at radius 1 is 1.31 bits per heavy atom. The van der Waals surface area contributed by atoms with E-state index in [4.69, 9.17) is 16.3 Å². The first-order valence-electron chi connectivity index (χ1n) is 5.20. The van der Waals surface area contributed by atoms with Crippen LogP contribution in [-0.2, 0) is 0 Å². The van der Waals surface area contributed by atoms with E-state index in [9.17, 15) is 0 Å². The molecule has 1 aliphatic heterocycles. The molecule has 0 saturated carbocycles. The molecule has 0 radical (unpaired) electrons. The summed E-state index contributed by atoms with van der Waals surface area (Å²) in [6.45, 7) is 0. The van der Waals surface area contributed by atoms with E-state index in [-0.39, 0.29) is 6.10 Å². The van der Waals surface area contributed by atoms with Gasteiger partial charge in [0.2, 0.25) is 0 Å². The smallest absolute Gasteiger partial charge is 0.145 e. The Morgan fingerprint density at radius 2 is 2.19 bits per heavy atom. The summed E-state index contributed by atoms with van der Waals surface area (Å²) in [5.74, 6) is 0.832. The van der Waals surface area contributed by atoms with Gasteiger partial charge in [0.25, 0.3) is 0 Å². The van der Waals surface area contributed by atoms with Gasteiger partial charge in [-0.05, 0) is 18.2 Å². The molecule has 0 saturated heterocycles. The van der Waals surface area contributed by atoms with Gasteiger partial charge in [-0.15, -0.1) is 0 Å². The molecule has 0 spiro atoms. The molecular formula is C13H10ClNO. The molecule has 1 heterocycles. The molecule has 80 valence electrons. The van der Waals surface area contributed by atoms with Crippen molar-refractivity contribution in [3.63, 3.8) is 0 Å². The number of aliphatic imine (C=N–C) groups is 1. The van der Waals surface area contributed by atoms with E-state index in [1.807, 2.05) is 42.6 Å². The minimum Gasteiger partial charge on any atom is -0.483 e. The maximum absolute atomic E-state index is 5.97. The average molecular weight is 232 g/mol. The van der Waals surface area contributed by atoms with Crippen molar-refractivity contribution in [3.8, 4) is 5.75 Å². The van der Waals surface area contributed by atoms with Crippen LogP contribution >= 0.6 is 11.6 Å². The molecule has 0 aromatic heterocycles. The summed E-state index contributed by atoms with van der Waals surface area (Å²) in [7, 11) is 0. The van der Waals surface area contributed by atoms with Crippen LogP contribution < -0.4 is 4.74 Å². The molecular weight excluding hydrogens is 222 g/mol. The lowest BCUT2D eigenvalue weighted by Gasteiger charge is -2.19. The topological polar surface area (TPSA) is 21.6 Å². The van der Waals surface area contributed by atoms with E-state index in [0.717, 1.165) is 28.5 Å². The maximum Gasteiger partial charge on any atom is 0.145 e. The van der Waals surface area contributed by atoms with Crippen LogP contribution in [0.1, 0.15) is 6.42 Å². The number of ether oxygens (including phenoxy) is 1. The molecule has 3 rings (SSSR count). The number of allylic oxidation sites excluding steroid dienone is 2. The zero-order chi connectivity index (χ0) is 11.0. The molecule has 16 heavy (non-hydrogen) atoms. The van der Waals surface area contributed by atoms with Crippen molar-refractivity contribution in [1.82, 2.24) is 0 Å². The lowest BCUT2D eigenvalue weighted by molar-refractivity contribution is 0.248. The van der Waals surface area contributed by atoms with E-state index < -0.39 is 0 Å². The third kappa shape index (κ3) is 1.65. The number of hydrogen-bond donors (Lipinski definition) is 0. The van der Waals surface area contributed by atoms with Gasteiger partial charge in [-0.3, -0.25) is 4.99 Å². The van der Waals surface area contributed by atoms with Gasteiger partial charge in [-0.2, -0.15) is 0 Å². The summed E-state index contributed by atoms with van der Waals surface area (Å²) in [6, 6.07) is 7.79. The predicted molar refractivity (Wildman–Crippen MR) is 65.6 cm³/mol. The van der Waals surface area contributed by atoms with E-state index in [2.05, 4.69) is 4.99 Å². The number of fused-ring (bicyclic) bond motifs is 2. The number of rotatable bonds is 0. The summed E-state index contributed by atoms with van der Waals surface area (Å²) < 4.78 is 5.91. The Labute approximate surface area is 98.9 Å². The SMILES string of the molecule is ClC1=CCC2Oc3ccccc3N=CC2=C1. The summed E-state index contributed by atoms with van der Waals surface area (Å²) in [5.41, 5.74) is 1.90. The Bertz CT molecular complexity index is 516. The molecule has 1 aromatic carbocycles. The standard InChI is InChI=1S/C13H10ClNO/c14-10-5-6-12-9(7-10)8-15-11-3-1-2-4-13(11)16-12/h1-5,7-8,12H,6H2. The number of halogens is 1. The summed E-state index contributed by atoms with van der Waals surface area (Å²) in [5, 5.41) is 0.757. The first-order chi connectivity index (χ1) is 7.83. The Hall–Kier alpha value is -1.54. The van der Waals surface area contributed by atoms with Gasteiger partial charge in [-0.25, -0.2) is 0 Å². The van der Waals surface area contributed by atoms with Crippen molar-refractivity contribution in [2.24, 2.45) is 4.99 Å². The van der Waals surface area contributed by atoms with Crippen molar-refractivity contribution in [1.29, 1.82) is 0 Å². The third-order valence-corrected chi connectivity index (χ3v) is 2.95. The molecule has 1 aliphatic carbocycles. The van der Waals surface area contributed by atoms with Gasteiger partial charge < -0.3 is 4.74 Å².